The van der Waals surface area contributed by atoms with Crippen molar-refractivity contribution >= 4 is 11.6 Å². The second-order valence-electron chi connectivity index (χ2n) is 4.82. The molecule has 0 saturated heterocycles. The summed E-state index contributed by atoms with van der Waals surface area (Å²) in [4.78, 5) is 17.8. The van der Waals surface area contributed by atoms with Crippen LogP contribution in [0.5, 0.6) is 5.88 Å². The smallest absolute Gasteiger partial charge is 0.250 e. The Labute approximate surface area is 123 Å². The van der Waals surface area contributed by atoms with Crippen LogP contribution in [0, 0.1) is 0 Å². The molecule has 0 atom stereocenters. The molecular formula is C17H16N2O2. The van der Waals surface area contributed by atoms with Gasteiger partial charge in [-0.2, -0.15) is 0 Å². The zero-order valence-electron chi connectivity index (χ0n) is 11.8. The maximum absolute atomic E-state index is 11.8. The van der Waals surface area contributed by atoms with E-state index in [1.54, 1.807) is 24.3 Å². The van der Waals surface area contributed by atoms with Crippen LogP contribution < -0.4 is 9.64 Å². The highest BCUT2D eigenvalue weighted by Gasteiger charge is 2.15. The highest BCUT2D eigenvalue weighted by atomic mass is 16.5. The van der Waals surface area contributed by atoms with Gasteiger partial charge in [-0.3, -0.25) is 4.79 Å². The minimum Gasteiger partial charge on any atom is -0.481 e. The summed E-state index contributed by atoms with van der Waals surface area (Å²) < 4.78 is 5.05. The quantitative estimate of drug-likeness (QED) is 0.867. The van der Waals surface area contributed by atoms with Crippen molar-refractivity contribution in [3.63, 3.8) is 0 Å². The molecule has 3 rings (SSSR count). The van der Waals surface area contributed by atoms with Crippen LogP contribution in [0.3, 0.4) is 0 Å². The number of methoxy groups -OCH3 is 1. The number of pyridine rings is 1. The van der Waals surface area contributed by atoms with E-state index in [1.165, 1.54) is 0 Å². The van der Waals surface area contributed by atoms with E-state index in [-0.39, 0.29) is 5.91 Å². The maximum Gasteiger partial charge on any atom is 0.250 e. The fourth-order valence-electron chi connectivity index (χ4n) is 2.35. The number of benzene rings is 1. The molecule has 0 N–H and O–H groups in total. The Morgan fingerprint density at radius 3 is 2.48 bits per heavy atom. The van der Waals surface area contributed by atoms with Gasteiger partial charge in [0.05, 0.1) is 7.11 Å². The number of ether oxygens (including phenoxy) is 1. The van der Waals surface area contributed by atoms with Gasteiger partial charge in [0.2, 0.25) is 5.88 Å². The van der Waals surface area contributed by atoms with Crippen molar-refractivity contribution < 1.29 is 9.53 Å². The second-order valence-corrected chi connectivity index (χ2v) is 4.82. The zero-order chi connectivity index (χ0) is 14.7. The average molecular weight is 280 g/mol. The number of carbonyl (C=O) groups excluding carboxylic acids is 1. The van der Waals surface area contributed by atoms with Gasteiger partial charge >= 0.3 is 0 Å². The monoisotopic (exact) mass is 280 g/mol. The first-order valence-corrected chi connectivity index (χ1v) is 6.86. The van der Waals surface area contributed by atoms with Crippen LogP contribution in [0.1, 0.15) is 6.42 Å². The fourth-order valence-corrected chi connectivity index (χ4v) is 2.35. The molecule has 1 aromatic carbocycles. The van der Waals surface area contributed by atoms with Gasteiger partial charge in [-0.25, -0.2) is 4.98 Å². The molecule has 0 spiro atoms. The second kappa shape index (κ2) is 5.79. The average Bonchev–Trinajstić information content (AvgIpc) is 2.56. The number of carbonyl (C=O) groups is 1. The Bertz CT molecular complexity index is 660. The zero-order valence-corrected chi connectivity index (χ0v) is 11.8. The molecule has 0 fully saturated rings. The maximum atomic E-state index is 11.8. The Morgan fingerprint density at radius 2 is 1.86 bits per heavy atom. The van der Waals surface area contributed by atoms with Crippen molar-refractivity contribution in [1.82, 2.24) is 4.98 Å². The number of amides is 1. The largest absolute Gasteiger partial charge is 0.481 e. The number of rotatable bonds is 3. The third-order valence-electron chi connectivity index (χ3n) is 3.50. The molecule has 0 aliphatic carbocycles. The molecule has 0 unspecified atom stereocenters. The third kappa shape index (κ3) is 2.79. The molecule has 4 nitrogen and oxygen atoms in total. The van der Waals surface area contributed by atoms with E-state index in [4.69, 9.17) is 4.74 Å². The van der Waals surface area contributed by atoms with Gasteiger partial charge in [-0.1, -0.05) is 18.2 Å². The predicted octanol–water partition coefficient (Wildman–Crippen LogP) is 3.05. The van der Waals surface area contributed by atoms with Crippen molar-refractivity contribution in [2.45, 2.75) is 6.42 Å². The van der Waals surface area contributed by atoms with E-state index in [2.05, 4.69) is 4.98 Å². The number of nitrogens with zero attached hydrogens (tertiary/aromatic N) is 2. The van der Waals surface area contributed by atoms with Gasteiger partial charge in [0.15, 0.2) is 0 Å². The van der Waals surface area contributed by atoms with Crippen molar-refractivity contribution in [2.75, 3.05) is 18.6 Å². The van der Waals surface area contributed by atoms with Crippen LogP contribution in [0.4, 0.5) is 5.69 Å². The highest BCUT2D eigenvalue weighted by molar-refractivity contribution is 6.02. The summed E-state index contributed by atoms with van der Waals surface area (Å²) in [5.74, 6) is 0.640. The van der Waals surface area contributed by atoms with Gasteiger partial charge < -0.3 is 9.64 Å². The fraction of sp³-hybridized carbons (Fsp3) is 0.176. The number of aromatic nitrogens is 1. The number of hydrogen-bond acceptors (Lipinski definition) is 3. The van der Waals surface area contributed by atoms with Crippen LogP contribution >= 0.6 is 0 Å². The van der Waals surface area contributed by atoms with E-state index in [1.807, 2.05) is 42.5 Å². The summed E-state index contributed by atoms with van der Waals surface area (Å²) in [6.07, 6.45) is 6.22. The summed E-state index contributed by atoms with van der Waals surface area (Å²) in [6, 6.07) is 11.7. The minimum absolute atomic E-state index is 0.0418. The molecule has 1 aliphatic rings. The van der Waals surface area contributed by atoms with E-state index in [0.717, 1.165) is 29.8 Å². The lowest BCUT2D eigenvalue weighted by atomic mass is 10.1. The molecule has 1 aliphatic heterocycles. The van der Waals surface area contributed by atoms with Crippen molar-refractivity contribution in [3.05, 3.63) is 54.7 Å². The molecule has 1 amide bonds. The van der Waals surface area contributed by atoms with Crippen LogP contribution in [0.2, 0.25) is 0 Å². The van der Waals surface area contributed by atoms with E-state index < -0.39 is 0 Å². The lowest BCUT2D eigenvalue weighted by Gasteiger charge is -2.23. The highest BCUT2D eigenvalue weighted by Crippen LogP contribution is 2.24. The molecule has 2 aromatic rings. The molecule has 0 saturated carbocycles. The van der Waals surface area contributed by atoms with E-state index in [0.29, 0.717) is 5.88 Å². The molecule has 4 heteroatoms. The first-order chi connectivity index (χ1) is 10.3. The van der Waals surface area contributed by atoms with Crippen LogP contribution in [-0.2, 0) is 4.79 Å². The minimum atomic E-state index is 0.0418. The van der Waals surface area contributed by atoms with Gasteiger partial charge in [0.25, 0.3) is 5.91 Å². The summed E-state index contributed by atoms with van der Waals surface area (Å²) in [6.45, 7) is 0.735. The Balaban J connectivity index is 1.83. The Morgan fingerprint density at radius 1 is 1.10 bits per heavy atom. The summed E-state index contributed by atoms with van der Waals surface area (Å²) in [5, 5.41) is 0. The van der Waals surface area contributed by atoms with E-state index >= 15 is 0 Å². The third-order valence-corrected chi connectivity index (χ3v) is 3.50. The van der Waals surface area contributed by atoms with Crippen molar-refractivity contribution in [3.8, 4) is 17.0 Å². The molecule has 106 valence electrons. The number of hydrogen-bond donors (Lipinski definition) is 0. The molecule has 0 bridgehead atoms. The molecule has 21 heavy (non-hydrogen) atoms. The number of anilines is 1. The molecular weight excluding hydrogens is 264 g/mol. The summed E-state index contributed by atoms with van der Waals surface area (Å²) in [5.41, 5.74) is 3.01. The van der Waals surface area contributed by atoms with Crippen molar-refractivity contribution in [1.29, 1.82) is 0 Å². The summed E-state index contributed by atoms with van der Waals surface area (Å²) >= 11 is 0. The lowest BCUT2D eigenvalue weighted by Crippen LogP contribution is -2.32. The van der Waals surface area contributed by atoms with Gasteiger partial charge in [-0.15, -0.1) is 0 Å². The SMILES string of the molecule is COc1ccc(-c2ccc(N3CCC=CC3=O)cc2)cn1. The topological polar surface area (TPSA) is 42.4 Å². The predicted molar refractivity (Wildman–Crippen MR) is 82.3 cm³/mol. The normalized spacial score (nSPS) is 14.3. The van der Waals surface area contributed by atoms with Gasteiger partial charge in [0, 0.05) is 30.1 Å². The Hall–Kier alpha value is -2.62. The Kier molecular flexibility index (Phi) is 3.69. The van der Waals surface area contributed by atoms with Crippen LogP contribution in [0.25, 0.3) is 11.1 Å². The van der Waals surface area contributed by atoms with Crippen LogP contribution in [-0.4, -0.2) is 24.5 Å². The molecule has 2 heterocycles. The van der Waals surface area contributed by atoms with Gasteiger partial charge in [-0.05, 0) is 36.3 Å². The first kappa shape index (κ1) is 13.4. The van der Waals surface area contributed by atoms with Crippen LogP contribution in [0.15, 0.2) is 54.7 Å². The molecule has 1 aromatic heterocycles. The molecule has 0 radical (unpaired) electrons. The van der Waals surface area contributed by atoms with Gasteiger partial charge in [0.1, 0.15) is 0 Å². The summed E-state index contributed by atoms with van der Waals surface area (Å²) in [7, 11) is 1.60. The van der Waals surface area contributed by atoms with Crippen molar-refractivity contribution in [2.24, 2.45) is 0 Å². The van der Waals surface area contributed by atoms with E-state index in [9.17, 15) is 4.79 Å². The standard InChI is InChI=1S/C17H16N2O2/c1-21-16-10-7-14(12-18-16)13-5-8-15(9-6-13)19-11-3-2-4-17(19)20/h2,4-10,12H,3,11H2,1H3. The lowest BCUT2D eigenvalue weighted by molar-refractivity contribution is -0.114. The first-order valence-electron chi connectivity index (χ1n) is 6.86.